The fraction of sp³-hybridized carbons (Fsp3) is 0.222. The van der Waals surface area contributed by atoms with E-state index in [4.69, 9.17) is 14.2 Å². The van der Waals surface area contributed by atoms with E-state index in [1.165, 1.54) is 12.1 Å². The van der Waals surface area contributed by atoms with Crippen molar-refractivity contribution < 1.29 is 18.6 Å². The van der Waals surface area contributed by atoms with Gasteiger partial charge in [0.2, 0.25) is 5.95 Å². The lowest BCUT2D eigenvalue weighted by molar-refractivity contribution is 0.188. The van der Waals surface area contributed by atoms with E-state index in [0.717, 1.165) is 22.4 Å². The standard InChI is InChI=1S/C27H28FN3O3/c1-32-15-14-31-24(22-9-11-23(28)12-10-22)18-30-27(31)29-17-21-8-13-25(26(16-21)33-2)34-19-20-6-4-3-5-7-20/h3-13,16,18H,14-15,17,19H2,1-2H3,(H,29,30). The Bertz CT molecular complexity index is 1190. The molecular formula is C27H28FN3O3. The van der Waals surface area contributed by atoms with Crippen LogP contribution in [0.3, 0.4) is 0 Å². The van der Waals surface area contributed by atoms with E-state index < -0.39 is 0 Å². The van der Waals surface area contributed by atoms with Gasteiger partial charge in [-0.05, 0) is 47.5 Å². The molecule has 34 heavy (non-hydrogen) atoms. The summed E-state index contributed by atoms with van der Waals surface area (Å²) in [5, 5.41) is 3.39. The summed E-state index contributed by atoms with van der Waals surface area (Å²) < 4.78 is 32.2. The highest BCUT2D eigenvalue weighted by Crippen LogP contribution is 2.30. The van der Waals surface area contributed by atoms with E-state index in [0.29, 0.717) is 43.8 Å². The molecule has 0 radical (unpaired) electrons. The van der Waals surface area contributed by atoms with Gasteiger partial charge in [0.15, 0.2) is 11.5 Å². The summed E-state index contributed by atoms with van der Waals surface area (Å²) in [6, 6.07) is 22.3. The lowest BCUT2D eigenvalue weighted by Gasteiger charge is -2.15. The van der Waals surface area contributed by atoms with Crippen LogP contribution in [-0.2, 0) is 24.4 Å². The number of ether oxygens (including phenoxy) is 3. The predicted molar refractivity (Wildman–Crippen MR) is 131 cm³/mol. The fourth-order valence-electron chi connectivity index (χ4n) is 3.63. The second-order valence-corrected chi connectivity index (χ2v) is 7.73. The van der Waals surface area contributed by atoms with Crippen molar-refractivity contribution >= 4 is 5.95 Å². The highest BCUT2D eigenvalue weighted by molar-refractivity contribution is 5.61. The summed E-state index contributed by atoms with van der Waals surface area (Å²) >= 11 is 0. The van der Waals surface area contributed by atoms with E-state index >= 15 is 0 Å². The van der Waals surface area contributed by atoms with Crippen LogP contribution < -0.4 is 14.8 Å². The molecule has 4 rings (SSSR count). The van der Waals surface area contributed by atoms with Gasteiger partial charge >= 0.3 is 0 Å². The number of imidazole rings is 1. The number of nitrogens with one attached hydrogen (secondary N) is 1. The van der Waals surface area contributed by atoms with Crippen LogP contribution in [-0.4, -0.2) is 30.4 Å². The average Bonchev–Trinajstić information content (AvgIpc) is 3.28. The Morgan fingerprint density at radius 2 is 1.71 bits per heavy atom. The number of nitrogens with zero attached hydrogens (tertiary/aromatic N) is 2. The minimum absolute atomic E-state index is 0.268. The first-order valence-electron chi connectivity index (χ1n) is 11.1. The Labute approximate surface area is 198 Å². The van der Waals surface area contributed by atoms with Crippen LogP contribution in [0.1, 0.15) is 11.1 Å². The summed E-state index contributed by atoms with van der Waals surface area (Å²) in [7, 11) is 3.30. The van der Waals surface area contributed by atoms with Gasteiger partial charge in [0.25, 0.3) is 0 Å². The number of anilines is 1. The first kappa shape index (κ1) is 23.3. The quantitative estimate of drug-likeness (QED) is 0.318. The van der Waals surface area contributed by atoms with Crippen LogP contribution in [0.2, 0.25) is 0 Å². The van der Waals surface area contributed by atoms with Crippen LogP contribution in [0.5, 0.6) is 11.5 Å². The molecule has 0 bridgehead atoms. The maximum absolute atomic E-state index is 13.4. The highest BCUT2D eigenvalue weighted by Gasteiger charge is 2.13. The number of hydrogen-bond donors (Lipinski definition) is 1. The number of rotatable bonds is 11. The predicted octanol–water partition coefficient (Wildman–Crippen LogP) is 5.54. The Hall–Kier alpha value is -3.84. The molecule has 0 aliphatic heterocycles. The maximum atomic E-state index is 13.4. The molecule has 1 heterocycles. The molecule has 0 aliphatic rings. The lowest BCUT2D eigenvalue weighted by Crippen LogP contribution is -2.12. The van der Waals surface area contributed by atoms with Gasteiger partial charge < -0.3 is 24.1 Å². The van der Waals surface area contributed by atoms with Crippen molar-refractivity contribution in [2.45, 2.75) is 19.7 Å². The second kappa shape index (κ2) is 11.3. The number of aromatic nitrogens is 2. The van der Waals surface area contributed by atoms with Gasteiger partial charge in [-0.3, -0.25) is 0 Å². The summed E-state index contributed by atoms with van der Waals surface area (Å²) in [6.45, 7) is 2.15. The summed E-state index contributed by atoms with van der Waals surface area (Å²) in [6.07, 6.45) is 1.78. The second-order valence-electron chi connectivity index (χ2n) is 7.73. The van der Waals surface area contributed by atoms with Crippen molar-refractivity contribution in [1.29, 1.82) is 0 Å². The van der Waals surface area contributed by atoms with Crippen LogP contribution in [0, 0.1) is 5.82 Å². The fourth-order valence-corrected chi connectivity index (χ4v) is 3.63. The van der Waals surface area contributed by atoms with E-state index in [9.17, 15) is 4.39 Å². The molecule has 0 saturated carbocycles. The molecule has 0 saturated heterocycles. The Kier molecular flexibility index (Phi) is 7.78. The molecule has 7 heteroatoms. The van der Waals surface area contributed by atoms with Gasteiger partial charge in [0.1, 0.15) is 12.4 Å². The largest absolute Gasteiger partial charge is 0.493 e. The molecule has 0 spiro atoms. The lowest BCUT2D eigenvalue weighted by atomic mass is 10.1. The molecule has 176 valence electrons. The molecule has 0 fully saturated rings. The third-order valence-corrected chi connectivity index (χ3v) is 5.43. The van der Waals surface area contributed by atoms with Gasteiger partial charge in [-0.2, -0.15) is 0 Å². The molecule has 1 aromatic heterocycles. The zero-order chi connectivity index (χ0) is 23.8. The molecular weight excluding hydrogens is 433 g/mol. The smallest absolute Gasteiger partial charge is 0.203 e. The molecule has 0 amide bonds. The van der Waals surface area contributed by atoms with Gasteiger partial charge in [0.05, 0.1) is 25.6 Å². The Balaban J connectivity index is 1.47. The van der Waals surface area contributed by atoms with E-state index in [1.54, 1.807) is 32.5 Å². The summed E-state index contributed by atoms with van der Waals surface area (Å²) in [5.74, 6) is 1.80. The first-order chi connectivity index (χ1) is 16.7. The topological polar surface area (TPSA) is 57.5 Å². The molecule has 0 aliphatic carbocycles. The van der Waals surface area contributed by atoms with Gasteiger partial charge in [-0.15, -0.1) is 0 Å². The van der Waals surface area contributed by atoms with E-state index in [1.807, 2.05) is 53.1 Å². The van der Waals surface area contributed by atoms with Crippen LogP contribution in [0.15, 0.2) is 79.0 Å². The SMILES string of the molecule is COCCn1c(-c2ccc(F)cc2)cnc1NCc1ccc(OCc2ccccc2)c(OC)c1. The van der Waals surface area contributed by atoms with Crippen molar-refractivity contribution in [2.75, 3.05) is 26.1 Å². The van der Waals surface area contributed by atoms with Gasteiger partial charge in [-0.25, -0.2) is 9.37 Å². The van der Waals surface area contributed by atoms with Crippen molar-refractivity contribution in [3.05, 3.63) is 95.9 Å². The number of methoxy groups -OCH3 is 2. The molecule has 3 aromatic carbocycles. The van der Waals surface area contributed by atoms with Crippen LogP contribution in [0.4, 0.5) is 10.3 Å². The van der Waals surface area contributed by atoms with Crippen molar-refractivity contribution in [3.63, 3.8) is 0 Å². The number of hydrogen-bond acceptors (Lipinski definition) is 5. The first-order valence-corrected chi connectivity index (χ1v) is 11.1. The molecule has 0 atom stereocenters. The summed E-state index contributed by atoms with van der Waals surface area (Å²) in [5.41, 5.74) is 3.89. The average molecular weight is 462 g/mol. The zero-order valence-corrected chi connectivity index (χ0v) is 19.3. The normalized spacial score (nSPS) is 10.8. The minimum atomic E-state index is -0.268. The van der Waals surface area contributed by atoms with Crippen LogP contribution >= 0.6 is 0 Å². The van der Waals surface area contributed by atoms with Crippen molar-refractivity contribution in [2.24, 2.45) is 0 Å². The minimum Gasteiger partial charge on any atom is -0.493 e. The van der Waals surface area contributed by atoms with Crippen LogP contribution in [0.25, 0.3) is 11.3 Å². The van der Waals surface area contributed by atoms with E-state index in [2.05, 4.69) is 10.3 Å². The number of halogens is 1. The molecule has 4 aromatic rings. The van der Waals surface area contributed by atoms with Gasteiger partial charge in [0, 0.05) is 25.8 Å². The third-order valence-electron chi connectivity index (χ3n) is 5.43. The van der Waals surface area contributed by atoms with Gasteiger partial charge in [-0.1, -0.05) is 36.4 Å². The number of benzene rings is 3. The zero-order valence-electron chi connectivity index (χ0n) is 19.3. The third kappa shape index (κ3) is 5.74. The monoisotopic (exact) mass is 461 g/mol. The molecule has 1 N–H and O–H groups in total. The Morgan fingerprint density at radius 3 is 2.44 bits per heavy atom. The Morgan fingerprint density at radius 1 is 0.912 bits per heavy atom. The van der Waals surface area contributed by atoms with Crippen molar-refractivity contribution in [3.8, 4) is 22.8 Å². The van der Waals surface area contributed by atoms with Crippen molar-refractivity contribution in [1.82, 2.24) is 9.55 Å². The molecule has 6 nitrogen and oxygen atoms in total. The highest BCUT2D eigenvalue weighted by atomic mass is 19.1. The summed E-state index contributed by atoms with van der Waals surface area (Å²) in [4.78, 5) is 4.55. The van der Waals surface area contributed by atoms with E-state index in [-0.39, 0.29) is 5.82 Å². The molecule has 0 unspecified atom stereocenters. The maximum Gasteiger partial charge on any atom is 0.203 e.